The normalized spacial score (nSPS) is 19.7. The maximum Gasteiger partial charge on any atom is 0.327 e. The Bertz CT molecular complexity index is 2550. The molecule has 0 aliphatic carbocycles. The molecule has 9 rings (SSSR count). The number of likely N-dealkylation sites (tertiary alicyclic amines) is 1. The second-order valence-corrected chi connectivity index (χ2v) is 20.6. The van der Waals surface area contributed by atoms with Crippen LogP contribution in [-0.4, -0.2) is 107 Å². The van der Waals surface area contributed by atoms with E-state index in [0.29, 0.717) is 52.7 Å². The van der Waals surface area contributed by atoms with Gasteiger partial charge in [-0.3, -0.25) is 24.3 Å². The standard InChI is InChI=1S/3C16H16ClNO3S/c3*1-21-16(20)15(11-4-2-3-5-12(11)17)18-7-6-13-10(9-18)8-14(19)22-13/h2-5,15H,6-9H2,1H3;2-5,8,15,19H,6-7,9H2,1H3;2-5,8,13,15H,6-7,9H2,1H3/t2*15-;13?,15-/m000/s1. The van der Waals surface area contributed by atoms with Gasteiger partial charge in [0.15, 0.2) is 10.2 Å². The molecule has 1 N–H and O–H groups in total. The van der Waals surface area contributed by atoms with Crippen LogP contribution in [0.1, 0.15) is 64.5 Å². The summed E-state index contributed by atoms with van der Waals surface area (Å²) in [5.74, 6) is -0.978. The van der Waals surface area contributed by atoms with E-state index >= 15 is 0 Å². The molecular formula is C48H48Cl3N3O9S3. The van der Waals surface area contributed by atoms with Crippen molar-refractivity contribution in [2.45, 2.75) is 55.6 Å². The first-order valence-electron chi connectivity index (χ1n) is 21.1. The fraction of sp³-hybridized carbons (Fsp3) is 0.354. The first kappa shape index (κ1) is 49.7. The number of benzene rings is 3. The summed E-state index contributed by atoms with van der Waals surface area (Å²) in [5.41, 5.74) is 5.52. The van der Waals surface area contributed by atoms with Crippen LogP contribution in [0.25, 0.3) is 0 Å². The van der Waals surface area contributed by atoms with Gasteiger partial charge in [-0.25, -0.2) is 14.4 Å². The summed E-state index contributed by atoms with van der Waals surface area (Å²) in [5, 5.41) is 12.2. The minimum Gasteiger partial charge on any atom is -0.499 e. The van der Waals surface area contributed by atoms with E-state index in [1.807, 2.05) is 69.3 Å². The number of esters is 3. The number of hydrogen-bond donors (Lipinski definition) is 1. The number of rotatable bonds is 9. The van der Waals surface area contributed by atoms with Crippen LogP contribution in [0.2, 0.25) is 15.1 Å². The van der Waals surface area contributed by atoms with Gasteiger partial charge in [0.05, 0.1) is 21.3 Å². The van der Waals surface area contributed by atoms with Gasteiger partial charge in [0.1, 0.15) is 18.1 Å². The molecule has 66 heavy (non-hydrogen) atoms. The lowest BCUT2D eigenvalue weighted by Crippen LogP contribution is -2.42. The van der Waals surface area contributed by atoms with Crippen LogP contribution in [-0.2, 0) is 51.1 Å². The monoisotopic (exact) mass is 1010 g/mol. The van der Waals surface area contributed by atoms with Crippen LogP contribution in [0.3, 0.4) is 0 Å². The average Bonchev–Trinajstić information content (AvgIpc) is 4.01. The van der Waals surface area contributed by atoms with Crippen molar-refractivity contribution in [3.63, 3.8) is 0 Å². The van der Waals surface area contributed by atoms with E-state index in [1.54, 1.807) is 30.3 Å². The molecule has 6 heterocycles. The Kier molecular flexibility index (Phi) is 17.2. The number of carbonyl (C=O) groups is 5. The first-order valence-corrected chi connectivity index (χ1v) is 24.8. The zero-order valence-electron chi connectivity index (χ0n) is 36.4. The number of halogens is 3. The van der Waals surface area contributed by atoms with Crippen molar-refractivity contribution < 1.29 is 43.3 Å². The Morgan fingerprint density at radius 3 is 1.68 bits per heavy atom. The zero-order chi connectivity index (χ0) is 47.1. The van der Waals surface area contributed by atoms with E-state index in [1.165, 1.54) is 66.0 Å². The van der Waals surface area contributed by atoms with Crippen LogP contribution in [0.5, 0.6) is 5.06 Å². The number of hydrogen-bond acceptors (Lipinski definition) is 15. The van der Waals surface area contributed by atoms with Gasteiger partial charge in [-0.15, -0.1) is 11.3 Å². The quantitative estimate of drug-likeness (QED) is 0.126. The van der Waals surface area contributed by atoms with Gasteiger partial charge in [0.2, 0.25) is 5.12 Å². The largest absolute Gasteiger partial charge is 0.499 e. The Morgan fingerprint density at radius 2 is 1.17 bits per heavy atom. The smallest absolute Gasteiger partial charge is 0.327 e. The van der Waals surface area contributed by atoms with Crippen LogP contribution >= 0.6 is 69.7 Å². The summed E-state index contributed by atoms with van der Waals surface area (Å²) in [4.78, 5) is 68.5. The molecule has 5 aliphatic rings. The van der Waals surface area contributed by atoms with Gasteiger partial charge in [0.25, 0.3) is 0 Å². The van der Waals surface area contributed by atoms with E-state index in [-0.39, 0.29) is 33.4 Å². The fourth-order valence-corrected chi connectivity index (χ4v) is 12.4. The Balaban J connectivity index is 0.000000147. The first-order chi connectivity index (χ1) is 31.8. The third-order valence-corrected chi connectivity index (χ3v) is 16.3. The molecule has 0 radical (unpaired) electrons. The van der Waals surface area contributed by atoms with Crippen molar-refractivity contribution in [2.75, 3.05) is 54.1 Å². The maximum absolute atomic E-state index is 12.3. The maximum atomic E-state index is 12.3. The SMILES string of the molecule is COC(=O)[C@H](c1ccccc1Cl)N1CCC2=C(CC(=O)S2)C1.COC(=O)[C@H](c1ccccc1Cl)N1CCC2SC(=O)C=C2C1.COC(=O)[C@H](c1ccccc1Cl)N1CCc2sc(O)cc2C1. The van der Waals surface area contributed by atoms with E-state index in [4.69, 9.17) is 49.0 Å². The van der Waals surface area contributed by atoms with Gasteiger partial charge < -0.3 is 19.3 Å². The Morgan fingerprint density at radius 1 is 0.682 bits per heavy atom. The lowest BCUT2D eigenvalue weighted by molar-refractivity contribution is -0.148. The number of fused-ring (bicyclic) bond motifs is 2. The van der Waals surface area contributed by atoms with E-state index < -0.39 is 18.1 Å². The van der Waals surface area contributed by atoms with Gasteiger partial charge in [-0.05, 0) is 87.9 Å². The molecule has 0 amide bonds. The summed E-state index contributed by atoms with van der Waals surface area (Å²) in [6, 6.07) is 22.1. The van der Waals surface area contributed by atoms with Crippen LogP contribution in [0.15, 0.2) is 101 Å². The minimum atomic E-state index is -0.541. The number of methoxy groups -OCH3 is 3. The van der Waals surface area contributed by atoms with Crippen molar-refractivity contribution in [3.05, 3.63) is 143 Å². The van der Waals surface area contributed by atoms with Crippen LogP contribution < -0.4 is 0 Å². The molecule has 4 aromatic rings. The highest BCUT2D eigenvalue weighted by molar-refractivity contribution is 8.17. The molecule has 5 aliphatic heterocycles. The topological polar surface area (TPSA) is 143 Å². The minimum absolute atomic E-state index is 0.106. The summed E-state index contributed by atoms with van der Waals surface area (Å²) in [7, 11) is 4.15. The highest BCUT2D eigenvalue weighted by atomic mass is 35.5. The molecule has 348 valence electrons. The van der Waals surface area contributed by atoms with Crippen molar-refractivity contribution in [3.8, 4) is 5.06 Å². The Hall–Kier alpha value is -4.16. The van der Waals surface area contributed by atoms with Crippen molar-refractivity contribution >= 4 is 97.8 Å². The van der Waals surface area contributed by atoms with E-state index in [2.05, 4.69) is 0 Å². The molecule has 0 saturated carbocycles. The number of thioether (sulfide) groups is 2. The average molecular weight is 1010 g/mol. The molecule has 0 bridgehead atoms. The molecular weight excluding hydrogens is 965 g/mol. The summed E-state index contributed by atoms with van der Waals surface area (Å²) >= 11 is 22.9. The van der Waals surface area contributed by atoms with Gasteiger partial charge in [0, 0.05) is 70.9 Å². The predicted molar refractivity (Wildman–Crippen MR) is 260 cm³/mol. The zero-order valence-corrected chi connectivity index (χ0v) is 41.1. The number of nitrogens with zero attached hydrogens (tertiary/aromatic N) is 3. The number of piperidine rings is 1. The molecule has 1 fully saturated rings. The summed E-state index contributed by atoms with van der Waals surface area (Å²) in [6.07, 6.45) is 4.62. The third-order valence-electron chi connectivity index (χ3n) is 11.9. The molecule has 1 saturated heterocycles. The predicted octanol–water partition coefficient (Wildman–Crippen LogP) is 9.39. The molecule has 0 spiro atoms. The third kappa shape index (κ3) is 11.6. The van der Waals surface area contributed by atoms with Gasteiger partial charge >= 0.3 is 17.9 Å². The van der Waals surface area contributed by atoms with Crippen LogP contribution in [0.4, 0.5) is 0 Å². The van der Waals surface area contributed by atoms with E-state index in [0.717, 1.165) is 65.8 Å². The second kappa shape index (κ2) is 22.8. The lowest BCUT2D eigenvalue weighted by Gasteiger charge is -2.36. The summed E-state index contributed by atoms with van der Waals surface area (Å²) in [6.45, 7) is 3.96. The molecule has 1 unspecified atom stereocenters. The fourth-order valence-electron chi connectivity index (χ4n) is 8.79. The molecule has 18 heteroatoms. The highest BCUT2D eigenvalue weighted by Crippen LogP contribution is 2.42. The van der Waals surface area contributed by atoms with Crippen LogP contribution in [0, 0.1) is 0 Å². The number of aromatic hydroxyl groups is 1. The van der Waals surface area contributed by atoms with E-state index in [9.17, 15) is 29.1 Å². The molecule has 1 aromatic heterocycles. The van der Waals surface area contributed by atoms with Crippen molar-refractivity contribution in [1.82, 2.24) is 14.7 Å². The van der Waals surface area contributed by atoms with Crippen molar-refractivity contribution in [2.24, 2.45) is 0 Å². The lowest BCUT2D eigenvalue weighted by atomic mass is 9.98. The number of ether oxygens (including phenoxy) is 3. The summed E-state index contributed by atoms with van der Waals surface area (Å²) < 4.78 is 14.9. The Labute approximate surface area is 411 Å². The molecule has 3 aromatic carbocycles. The van der Waals surface area contributed by atoms with Gasteiger partial charge in [-0.1, -0.05) is 113 Å². The molecule has 4 atom stereocenters. The van der Waals surface area contributed by atoms with Crippen molar-refractivity contribution in [1.29, 1.82) is 0 Å². The number of carbonyl (C=O) groups excluding carboxylic acids is 5. The highest BCUT2D eigenvalue weighted by Gasteiger charge is 2.39. The second-order valence-electron chi connectivity index (χ2n) is 15.9. The number of thiophene rings is 1. The molecule has 12 nitrogen and oxygen atoms in total. The van der Waals surface area contributed by atoms with Gasteiger partial charge in [-0.2, -0.15) is 0 Å².